The molecule has 0 saturated carbocycles. The molecular weight excluding hydrogens is 338 g/mol. The summed E-state index contributed by atoms with van der Waals surface area (Å²) in [6, 6.07) is 10.1. The first kappa shape index (κ1) is 17.4. The Morgan fingerprint density at radius 2 is 1.96 bits per heavy atom. The molecule has 3 rings (SSSR count). The van der Waals surface area contributed by atoms with Crippen molar-refractivity contribution in [3.05, 3.63) is 58.9 Å². The Labute approximate surface area is 152 Å². The normalized spacial score (nSPS) is 15.0. The van der Waals surface area contributed by atoms with Gasteiger partial charge in [-0.1, -0.05) is 24.6 Å². The van der Waals surface area contributed by atoms with Crippen molar-refractivity contribution in [1.29, 1.82) is 0 Å². The SMILES string of the molecule is CC1CCN(C(=O)c2cc(C(=O)Nc3cccc(Cl)c3)ccn2)CC1. The van der Waals surface area contributed by atoms with Crippen LogP contribution >= 0.6 is 11.6 Å². The topological polar surface area (TPSA) is 62.3 Å². The third-order valence-electron chi connectivity index (χ3n) is 4.39. The third kappa shape index (κ3) is 4.37. The molecule has 2 aromatic rings. The molecule has 1 saturated heterocycles. The summed E-state index contributed by atoms with van der Waals surface area (Å²) < 4.78 is 0. The third-order valence-corrected chi connectivity index (χ3v) is 4.63. The van der Waals surface area contributed by atoms with Crippen molar-refractivity contribution in [2.75, 3.05) is 18.4 Å². The molecule has 1 aliphatic heterocycles. The highest BCUT2D eigenvalue weighted by Crippen LogP contribution is 2.19. The number of pyridine rings is 1. The molecule has 0 bridgehead atoms. The zero-order valence-corrected chi connectivity index (χ0v) is 14.8. The molecule has 0 aliphatic carbocycles. The van der Waals surface area contributed by atoms with E-state index in [1.165, 1.54) is 6.20 Å². The van der Waals surface area contributed by atoms with Gasteiger partial charge in [-0.2, -0.15) is 0 Å². The summed E-state index contributed by atoms with van der Waals surface area (Å²) in [4.78, 5) is 31.0. The second-order valence-corrected chi connectivity index (χ2v) is 6.81. The molecule has 0 spiro atoms. The van der Waals surface area contributed by atoms with E-state index in [1.807, 2.05) is 0 Å². The summed E-state index contributed by atoms with van der Waals surface area (Å²) in [5, 5.41) is 3.32. The largest absolute Gasteiger partial charge is 0.337 e. The van der Waals surface area contributed by atoms with Crippen molar-refractivity contribution in [1.82, 2.24) is 9.88 Å². The highest BCUT2D eigenvalue weighted by Gasteiger charge is 2.23. The number of carbonyl (C=O) groups is 2. The van der Waals surface area contributed by atoms with Gasteiger partial charge in [-0.25, -0.2) is 0 Å². The van der Waals surface area contributed by atoms with E-state index in [2.05, 4.69) is 17.2 Å². The smallest absolute Gasteiger partial charge is 0.272 e. The van der Waals surface area contributed by atoms with Crippen molar-refractivity contribution < 1.29 is 9.59 Å². The van der Waals surface area contributed by atoms with Gasteiger partial charge in [0.2, 0.25) is 0 Å². The van der Waals surface area contributed by atoms with E-state index >= 15 is 0 Å². The first-order valence-corrected chi connectivity index (χ1v) is 8.73. The van der Waals surface area contributed by atoms with Crippen molar-refractivity contribution in [2.24, 2.45) is 5.92 Å². The number of nitrogens with zero attached hydrogens (tertiary/aromatic N) is 2. The minimum Gasteiger partial charge on any atom is -0.337 e. The van der Waals surface area contributed by atoms with Gasteiger partial charge < -0.3 is 10.2 Å². The Morgan fingerprint density at radius 1 is 1.20 bits per heavy atom. The number of rotatable bonds is 3. The van der Waals surface area contributed by atoms with Gasteiger partial charge in [0.15, 0.2) is 0 Å². The van der Waals surface area contributed by atoms with Gasteiger partial charge in [-0.05, 0) is 49.1 Å². The van der Waals surface area contributed by atoms with Crippen LogP contribution in [-0.4, -0.2) is 34.8 Å². The zero-order chi connectivity index (χ0) is 17.8. The van der Waals surface area contributed by atoms with Gasteiger partial charge in [0, 0.05) is 35.6 Å². The van der Waals surface area contributed by atoms with E-state index in [4.69, 9.17) is 11.6 Å². The van der Waals surface area contributed by atoms with Crippen LogP contribution in [0.1, 0.15) is 40.6 Å². The Bertz CT molecular complexity index is 786. The maximum atomic E-state index is 12.6. The van der Waals surface area contributed by atoms with E-state index < -0.39 is 0 Å². The number of anilines is 1. The van der Waals surface area contributed by atoms with Crippen molar-refractivity contribution in [3.8, 4) is 0 Å². The lowest BCUT2D eigenvalue weighted by atomic mass is 9.99. The van der Waals surface area contributed by atoms with Gasteiger partial charge in [0.1, 0.15) is 5.69 Å². The summed E-state index contributed by atoms with van der Waals surface area (Å²) in [5.41, 5.74) is 1.30. The molecule has 1 aromatic carbocycles. The van der Waals surface area contributed by atoms with Gasteiger partial charge in [0.25, 0.3) is 11.8 Å². The fourth-order valence-electron chi connectivity index (χ4n) is 2.83. The highest BCUT2D eigenvalue weighted by molar-refractivity contribution is 6.31. The van der Waals surface area contributed by atoms with Gasteiger partial charge >= 0.3 is 0 Å². The zero-order valence-electron chi connectivity index (χ0n) is 14.0. The Balaban J connectivity index is 1.72. The summed E-state index contributed by atoms with van der Waals surface area (Å²) in [6.45, 7) is 3.67. The number of carbonyl (C=O) groups excluding carboxylic acids is 2. The van der Waals surface area contributed by atoms with E-state index in [-0.39, 0.29) is 11.8 Å². The number of likely N-dealkylation sites (tertiary alicyclic amines) is 1. The lowest BCUT2D eigenvalue weighted by Crippen LogP contribution is -2.38. The van der Waals surface area contributed by atoms with Gasteiger partial charge in [-0.15, -0.1) is 0 Å². The van der Waals surface area contributed by atoms with Crippen LogP contribution in [0.5, 0.6) is 0 Å². The Hall–Kier alpha value is -2.40. The predicted molar refractivity (Wildman–Crippen MR) is 97.9 cm³/mol. The average molecular weight is 358 g/mol. The molecule has 1 N–H and O–H groups in total. The van der Waals surface area contributed by atoms with Crippen LogP contribution in [-0.2, 0) is 0 Å². The number of aromatic nitrogens is 1. The average Bonchev–Trinajstić information content (AvgIpc) is 2.62. The van der Waals surface area contributed by atoms with E-state index in [1.54, 1.807) is 41.3 Å². The molecule has 25 heavy (non-hydrogen) atoms. The highest BCUT2D eigenvalue weighted by atomic mass is 35.5. The second kappa shape index (κ2) is 7.66. The minimum absolute atomic E-state index is 0.121. The Morgan fingerprint density at radius 3 is 2.68 bits per heavy atom. The molecule has 6 heteroatoms. The summed E-state index contributed by atoms with van der Waals surface area (Å²) in [7, 11) is 0. The molecule has 2 amide bonds. The number of piperidine rings is 1. The van der Waals surface area contributed by atoms with Gasteiger partial charge in [-0.3, -0.25) is 14.6 Å². The first-order chi connectivity index (χ1) is 12.0. The summed E-state index contributed by atoms with van der Waals surface area (Å²) in [6.07, 6.45) is 3.49. The molecule has 0 unspecified atom stereocenters. The predicted octanol–water partition coefficient (Wildman–Crippen LogP) is 3.86. The number of amides is 2. The number of nitrogens with one attached hydrogen (secondary N) is 1. The number of hydrogen-bond donors (Lipinski definition) is 1. The molecule has 5 nitrogen and oxygen atoms in total. The van der Waals surface area contributed by atoms with Crippen molar-refractivity contribution in [3.63, 3.8) is 0 Å². The molecule has 2 heterocycles. The van der Waals surface area contributed by atoms with Crippen LogP contribution < -0.4 is 5.32 Å². The van der Waals surface area contributed by atoms with Gasteiger partial charge in [0.05, 0.1) is 0 Å². The molecule has 0 atom stereocenters. The molecule has 1 fully saturated rings. The van der Waals surface area contributed by atoms with E-state index in [0.717, 1.165) is 25.9 Å². The molecule has 1 aromatic heterocycles. The summed E-state index contributed by atoms with van der Waals surface area (Å²) >= 11 is 5.93. The molecule has 1 aliphatic rings. The second-order valence-electron chi connectivity index (χ2n) is 6.37. The van der Waals surface area contributed by atoms with E-state index in [9.17, 15) is 9.59 Å². The first-order valence-electron chi connectivity index (χ1n) is 8.35. The van der Waals surface area contributed by atoms with Crippen LogP contribution in [0.4, 0.5) is 5.69 Å². The monoisotopic (exact) mass is 357 g/mol. The number of benzene rings is 1. The van der Waals surface area contributed by atoms with Crippen LogP contribution in [0.25, 0.3) is 0 Å². The summed E-state index contributed by atoms with van der Waals surface area (Å²) in [5.74, 6) is 0.224. The van der Waals surface area contributed by atoms with Crippen molar-refractivity contribution >= 4 is 29.1 Å². The van der Waals surface area contributed by atoms with E-state index in [0.29, 0.717) is 27.9 Å². The lowest BCUT2D eigenvalue weighted by Gasteiger charge is -2.30. The lowest BCUT2D eigenvalue weighted by molar-refractivity contribution is 0.0691. The standard InChI is InChI=1S/C19H20ClN3O2/c1-13-6-9-23(10-7-13)19(25)17-11-14(5-8-21-17)18(24)22-16-4-2-3-15(20)12-16/h2-5,8,11-13H,6-7,9-10H2,1H3,(H,22,24). The quantitative estimate of drug-likeness (QED) is 0.907. The molecular formula is C19H20ClN3O2. The number of halogens is 1. The minimum atomic E-state index is -0.300. The van der Waals surface area contributed by atoms with Crippen LogP contribution in [0.2, 0.25) is 5.02 Å². The number of hydrogen-bond acceptors (Lipinski definition) is 3. The van der Waals surface area contributed by atoms with Crippen LogP contribution in [0, 0.1) is 5.92 Å². The maximum absolute atomic E-state index is 12.6. The molecule has 0 radical (unpaired) electrons. The Kier molecular flexibility index (Phi) is 5.34. The maximum Gasteiger partial charge on any atom is 0.272 e. The van der Waals surface area contributed by atoms with Crippen molar-refractivity contribution in [2.45, 2.75) is 19.8 Å². The molecule has 130 valence electrons. The van der Waals surface area contributed by atoms with Crippen LogP contribution in [0.15, 0.2) is 42.6 Å². The fourth-order valence-corrected chi connectivity index (χ4v) is 3.02. The fraction of sp³-hybridized carbons (Fsp3) is 0.316. The van der Waals surface area contributed by atoms with Crippen LogP contribution in [0.3, 0.4) is 0 Å².